The molecule has 0 bridgehead atoms. The Labute approximate surface area is 189 Å². The van der Waals surface area contributed by atoms with Crippen molar-refractivity contribution in [3.8, 4) is 5.75 Å². The van der Waals surface area contributed by atoms with E-state index in [2.05, 4.69) is 44.4 Å². The maximum Gasteiger partial charge on any atom is 0.234 e. The Morgan fingerprint density at radius 2 is 1.87 bits per heavy atom. The second-order valence-electron chi connectivity index (χ2n) is 7.20. The van der Waals surface area contributed by atoms with Crippen LogP contribution in [-0.2, 0) is 18.4 Å². The van der Waals surface area contributed by atoms with Crippen LogP contribution in [0.25, 0.3) is 0 Å². The number of aromatic nitrogens is 3. The molecular weight excluding hydrogens is 464 g/mol. The van der Waals surface area contributed by atoms with E-state index >= 15 is 0 Å². The third-order valence-electron chi connectivity index (χ3n) is 5.03. The molecule has 1 heterocycles. The van der Waals surface area contributed by atoms with Crippen molar-refractivity contribution >= 4 is 39.3 Å². The van der Waals surface area contributed by atoms with Crippen LogP contribution in [0, 0.1) is 27.7 Å². The average Bonchev–Trinajstić information content (AvgIpc) is 3.05. The van der Waals surface area contributed by atoms with Gasteiger partial charge in [-0.15, -0.1) is 10.2 Å². The van der Waals surface area contributed by atoms with Gasteiger partial charge in [-0.25, -0.2) is 0 Å². The lowest BCUT2D eigenvalue weighted by Gasteiger charge is -2.11. The van der Waals surface area contributed by atoms with Crippen LogP contribution in [0.2, 0.25) is 0 Å². The van der Waals surface area contributed by atoms with Gasteiger partial charge in [0, 0.05) is 11.5 Å². The van der Waals surface area contributed by atoms with Crippen molar-refractivity contribution in [1.82, 2.24) is 14.8 Å². The number of carbonyl (C=O) groups excluding carboxylic acids is 1. The van der Waals surface area contributed by atoms with E-state index in [-0.39, 0.29) is 11.7 Å². The average molecular weight is 489 g/mol. The number of nitrogens with zero attached hydrogens (tertiary/aromatic N) is 3. The number of anilines is 1. The number of hydrogen-bond donors (Lipinski definition) is 1. The van der Waals surface area contributed by atoms with Crippen LogP contribution in [-0.4, -0.2) is 26.4 Å². The van der Waals surface area contributed by atoms with Crippen LogP contribution in [0.15, 0.2) is 40.0 Å². The minimum atomic E-state index is -0.0971. The van der Waals surface area contributed by atoms with E-state index in [1.807, 2.05) is 56.7 Å². The standard InChI is InChI=1S/C22H25BrN4O2S/c1-13-7-6-8-19(16(13)4)29-11-20-25-26-22(27(20)5)30-12-21(28)24-18-10-15(3)14(2)9-17(18)23/h6-10H,11-12H2,1-5H3,(H,24,28). The van der Waals surface area contributed by atoms with Gasteiger partial charge in [0.05, 0.1) is 11.4 Å². The molecule has 8 heteroatoms. The lowest BCUT2D eigenvalue weighted by Crippen LogP contribution is -2.15. The summed E-state index contributed by atoms with van der Waals surface area (Å²) in [6.07, 6.45) is 0. The highest BCUT2D eigenvalue weighted by Crippen LogP contribution is 2.27. The molecule has 0 aliphatic rings. The molecule has 0 unspecified atom stereocenters. The molecule has 0 saturated carbocycles. The highest BCUT2D eigenvalue weighted by atomic mass is 79.9. The van der Waals surface area contributed by atoms with Gasteiger partial charge in [0.2, 0.25) is 5.91 Å². The zero-order chi connectivity index (χ0) is 21.8. The van der Waals surface area contributed by atoms with Crippen molar-refractivity contribution in [3.63, 3.8) is 0 Å². The van der Waals surface area contributed by atoms with Crippen molar-refractivity contribution in [1.29, 1.82) is 0 Å². The molecule has 2 aromatic carbocycles. The summed E-state index contributed by atoms with van der Waals surface area (Å²) in [5, 5.41) is 12.0. The van der Waals surface area contributed by atoms with Gasteiger partial charge in [-0.1, -0.05) is 23.9 Å². The molecule has 158 valence electrons. The fourth-order valence-corrected chi connectivity index (χ4v) is 4.10. The monoisotopic (exact) mass is 488 g/mol. The van der Waals surface area contributed by atoms with Crippen LogP contribution < -0.4 is 10.1 Å². The van der Waals surface area contributed by atoms with Crippen molar-refractivity contribution in [2.45, 2.75) is 39.5 Å². The Balaban J connectivity index is 1.58. The maximum absolute atomic E-state index is 12.4. The molecule has 3 aromatic rings. The smallest absolute Gasteiger partial charge is 0.234 e. The molecule has 1 aromatic heterocycles. The number of rotatable bonds is 7. The fraction of sp³-hybridized carbons (Fsp3) is 0.318. The summed E-state index contributed by atoms with van der Waals surface area (Å²) >= 11 is 4.85. The number of nitrogens with one attached hydrogen (secondary N) is 1. The van der Waals surface area contributed by atoms with E-state index in [0.29, 0.717) is 17.6 Å². The zero-order valence-corrected chi connectivity index (χ0v) is 20.1. The Morgan fingerprint density at radius 3 is 2.63 bits per heavy atom. The highest BCUT2D eigenvalue weighted by molar-refractivity contribution is 9.10. The first-order valence-corrected chi connectivity index (χ1v) is 11.3. The van der Waals surface area contributed by atoms with E-state index in [4.69, 9.17) is 4.74 Å². The summed E-state index contributed by atoms with van der Waals surface area (Å²) in [6.45, 7) is 8.47. The van der Waals surface area contributed by atoms with Crippen LogP contribution in [0.3, 0.4) is 0 Å². The van der Waals surface area contributed by atoms with Gasteiger partial charge in [-0.05, 0) is 84.1 Å². The van der Waals surface area contributed by atoms with E-state index in [1.54, 1.807) is 0 Å². The quantitative estimate of drug-likeness (QED) is 0.467. The van der Waals surface area contributed by atoms with Gasteiger partial charge in [0.15, 0.2) is 11.0 Å². The van der Waals surface area contributed by atoms with Crippen LogP contribution in [0.1, 0.15) is 28.1 Å². The lowest BCUT2D eigenvalue weighted by molar-refractivity contribution is -0.113. The van der Waals surface area contributed by atoms with Gasteiger partial charge in [-0.2, -0.15) is 0 Å². The SMILES string of the molecule is Cc1cc(Br)c(NC(=O)CSc2nnc(COc3cccc(C)c3C)n2C)cc1C. The van der Waals surface area contributed by atoms with Gasteiger partial charge in [0.25, 0.3) is 0 Å². The van der Waals surface area contributed by atoms with Crippen molar-refractivity contribution < 1.29 is 9.53 Å². The van der Waals surface area contributed by atoms with Crippen LogP contribution in [0.4, 0.5) is 5.69 Å². The summed E-state index contributed by atoms with van der Waals surface area (Å²) in [5.41, 5.74) is 5.36. The number of benzene rings is 2. The molecule has 0 spiro atoms. The molecule has 0 atom stereocenters. The predicted octanol–water partition coefficient (Wildman–Crippen LogP) is 5.12. The molecule has 30 heavy (non-hydrogen) atoms. The first-order chi connectivity index (χ1) is 14.3. The zero-order valence-electron chi connectivity index (χ0n) is 17.7. The molecule has 0 saturated heterocycles. The molecule has 0 aliphatic heterocycles. The number of amides is 1. The number of ether oxygens (including phenoxy) is 1. The number of hydrogen-bond acceptors (Lipinski definition) is 5. The Hall–Kier alpha value is -2.32. The molecule has 0 fully saturated rings. The molecular formula is C22H25BrN4O2S. The topological polar surface area (TPSA) is 69.0 Å². The largest absolute Gasteiger partial charge is 0.485 e. The van der Waals surface area contributed by atoms with Gasteiger partial charge >= 0.3 is 0 Å². The molecule has 6 nitrogen and oxygen atoms in total. The number of carbonyl (C=O) groups is 1. The van der Waals surface area contributed by atoms with E-state index < -0.39 is 0 Å². The van der Waals surface area contributed by atoms with Crippen molar-refractivity contribution in [2.24, 2.45) is 7.05 Å². The summed E-state index contributed by atoms with van der Waals surface area (Å²) in [7, 11) is 1.88. The minimum Gasteiger partial charge on any atom is -0.485 e. The lowest BCUT2D eigenvalue weighted by atomic mass is 10.1. The molecule has 0 radical (unpaired) electrons. The summed E-state index contributed by atoms with van der Waals surface area (Å²) in [6, 6.07) is 9.95. The number of halogens is 1. The normalized spacial score (nSPS) is 10.9. The molecule has 3 rings (SSSR count). The van der Waals surface area contributed by atoms with E-state index in [0.717, 1.165) is 27.0 Å². The minimum absolute atomic E-state index is 0.0971. The third kappa shape index (κ3) is 5.23. The first kappa shape index (κ1) is 22.4. The summed E-state index contributed by atoms with van der Waals surface area (Å²) < 4.78 is 8.64. The van der Waals surface area contributed by atoms with Crippen molar-refractivity contribution in [2.75, 3.05) is 11.1 Å². The Bertz CT molecular complexity index is 1080. The predicted molar refractivity (Wildman–Crippen MR) is 124 cm³/mol. The fourth-order valence-electron chi connectivity index (χ4n) is 2.81. The first-order valence-electron chi connectivity index (χ1n) is 9.53. The van der Waals surface area contributed by atoms with E-state index in [9.17, 15) is 4.79 Å². The second-order valence-corrected chi connectivity index (χ2v) is 8.99. The summed E-state index contributed by atoms with van der Waals surface area (Å²) in [4.78, 5) is 12.4. The van der Waals surface area contributed by atoms with Crippen molar-refractivity contribution in [3.05, 3.63) is 62.9 Å². The Kier molecular flexibility index (Phi) is 7.20. The molecule has 1 amide bonds. The molecule has 0 aliphatic carbocycles. The van der Waals surface area contributed by atoms with Gasteiger partial charge in [0.1, 0.15) is 12.4 Å². The molecule has 1 N–H and O–H groups in total. The third-order valence-corrected chi connectivity index (χ3v) is 6.70. The summed E-state index contributed by atoms with van der Waals surface area (Å²) in [5.74, 6) is 1.69. The maximum atomic E-state index is 12.4. The van der Waals surface area contributed by atoms with Crippen LogP contribution >= 0.6 is 27.7 Å². The number of aryl methyl sites for hydroxylation is 3. The van der Waals surface area contributed by atoms with Gasteiger partial charge < -0.3 is 14.6 Å². The van der Waals surface area contributed by atoms with Gasteiger partial charge in [-0.3, -0.25) is 4.79 Å². The Morgan fingerprint density at radius 1 is 1.13 bits per heavy atom. The highest BCUT2D eigenvalue weighted by Gasteiger charge is 2.14. The number of thioether (sulfide) groups is 1. The second kappa shape index (κ2) is 9.66. The van der Waals surface area contributed by atoms with E-state index in [1.165, 1.54) is 22.9 Å². The van der Waals surface area contributed by atoms with Crippen LogP contribution in [0.5, 0.6) is 5.75 Å².